The second-order valence-electron chi connectivity index (χ2n) is 5.63. The summed E-state index contributed by atoms with van der Waals surface area (Å²) in [7, 11) is 0. The topological polar surface area (TPSA) is 61.0 Å². The molecule has 1 fully saturated rings. The Balaban J connectivity index is 1.56. The van der Waals surface area contributed by atoms with Crippen LogP contribution < -0.4 is 0 Å². The van der Waals surface area contributed by atoms with E-state index in [2.05, 4.69) is 15.1 Å². The van der Waals surface area contributed by atoms with Crippen LogP contribution in [0, 0.1) is 0 Å². The summed E-state index contributed by atoms with van der Waals surface area (Å²) in [4.78, 5) is 8.75. The van der Waals surface area contributed by atoms with Crippen molar-refractivity contribution in [2.24, 2.45) is 0 Å². The minimum absolute atomic E-state index is 0.130. The molecule has 0 amide bonds. The molecule has 3 aromatic rings. The van der Waals surface area contributed by atoms with Crippen molar-refractivity contribution in [3.8, 4) is 22.2 Å². The molecule has 1 saturated heterocycles. The quantitative estimate of drug-likeness (QED) is 0.687. The van der Waals surface area contributed by atoms with E-state index in [9.17, 15) is 13.2 Å². The van der Waals surface area contributed by atoms with Gasteiger partial charge in [0.05, 0.1) is 12.2 Å². The van der Waals surface area contributed by atoms with Gasteiger partial charge in [0.25, 0.3) is 5.89 Å². The maximum absolute atomic E-state index is 12.6. The van der Waals surface area contributed by atoms with E-state index in [-0.39, 0.29) is 5.92 Å². The van der Waals surface area contributed by atoms with Crippen LogP contribution in [0.3, 0.4) is 0 Å². The molecule has 0 saturated carbocycles. The first-order valence-electron chi connectivity index (χ1n) is 7.55. The first-order valence-corrected chi connectivity index (χ1v) is 8.43. The number of nitrogens with zero attached hydrogens (tertiary/aromatic N) is 3. The molecule has 0 spiro atoms. The van der Waals surface area contributed by atoms with Gasteiger partial charge in [-0.05, 0) is 18.6 Å². The summed E-state index contributed by atoms with van der Waals surface area (Å²) in [5.41, 5.74) is 0.430. The fourth-order valence-corrected chi connectivity index (χ4v) is 3.35. The Morgan fingerprint density at radius 1 is 1.12 bits per heavy atom. The molecular weight excluding hydrogens is 355 g/mol. The number of benzene rings is 1. The van der Waals surface area contributed by atoms with Crippen LogP contribution in [0.1, 0.15) is 23.7 Å². The highest BCUT2D eigenvalue weighted by Crippen LogP contribution is 2.33. The third kappa shape index (κ3) is 3.29. The summed E-state index contributed by atoms with van der Waals surface area (Å²) in [6.07, 6.45) is -3.50. The van der Waals surface area contributed by atoms with Crippen LogP contribution in [0.15, 0.2) is 34.2 Å². The zero-order chi connectivity index (χ0) is 17.4. The first kappa shape index (κ1) is 16.2. The number of thiazole rings is 1. The van der Waals surface area contributed by atoms with Gasteiger partial charge in [0.1, 0.15) is 10.7 Å². The van der Waals surface area contributed by atoms with Crippen molar-refractivity contribution in [2.45, 2.75) is 18.5 Å². The molecule has 4 rings (SSSR count). The van der Waals surface area contributed by atoms with Crippen molar-refractivity contribution in [3.63, 3.8) is 0 Å². The fraction of sp³-hybridized carbons (Fsp3) is 0.312. The maximum Gasteiger partial charge on any atom is 0.416 e. The molecule has 0 bridgehead atoms. The molecule has 1 aliphatic heterocycles. The van der Waals surface area contributed by atoms with Gasteiger partial charge in [-0.15, -0.1) is 11.3 Å². The highest BCUT2D eigenvalue weighted by molar-refractivity contribution is 7.13. The van der Waals surface area contributed by atoms with Crippen LogP contribution in [0.2, 0.25) is 0 Å². The SMILES string of the molecule is FC(F)(F)c1ccc(-c2nc(-c3nc([C@H]4CCOC4)no3)cs2)cc1. The predicted octanol–water partition coefficient (Wildman–Crippen LogP) is 4.38. The van der Waals surface area contributed by atoms with Crippen LogP contribution in [0.4, 0.5) is 13.2 Å². The molecule has 1 aromatic carbocycles. The third-order valence-electron chi connectivity index (χ3n) is 3.92. The number of ether oxygens (including phenoxy) is 1. The largest absolute Gasteiger partial charge is 0.416 e. The fourth-order valence-electron chi connectivity index (χ4n) is 2.55. The van der Waals surface area contributed by atoms with Gasteiger partial charge in [-0.1, -0.05) is 17.3 Å². The Kier molecular flexibility index (Phi) is 4.04. The van der Waals surface area contributed by atoms with Gasteiger partial charge in [0.15, 0.2) is 5.82 Å². The summed E-state index contributed by atoms with van der Waals surface area (Å²) in [6.45, 7) is 1.26. The monoisotopic (exact) mass is 367 g/mol. The van der Waals surface area contributed by atoms with Gasteiger partial charge < -0.3 is 9.26 Å². The number of halogens is 3. The average molecular weight is 367 g/mol. The summed E-state index contributed by atoms with van der Waals surface area (Å²) in [5, 5.41) is 6.30. The molecule has 9 heteroatoms. The van der Waals surface area contributed by atoms with E-state index in [4.69, 9.17) is 9.26 Å². The molecule has 0 N–H and O–H groups in total. The number of hydrogen-bond acceptors (Lipinski definition) is 6. The minimum atomic E-state index is -4.35. The Morgan fingerprint density at radius 3 is 2.60 bits per heavy atom. The van der Waals surface area contributed by atoms with E-state index in [0.29, 0.717) is 41.2 Å². The first-order chi connectivity index (χ1) is 12.0. The van der Waals surface area contributed by atoms with Gasteiger partial charge in [-0.3, -0.25) is 0 Å². The Morgan fingerprint density at radius 2 is 1.92 bits per heavy atom. The van der Waals surface area contributed by atoms with Crippen molar-refractivity contribution in [3.05, 3.63) is 41.0 Å². The summed E-state index contributed by atoms with van der Waals surface area (Å²) in [6, 6.07) is 4.89. The third-order valence-corrected chi connectivity index (χ3v) is 4.81. The van der Waals surface area contributed by atoms with E-state index in [1.165, 1.54) is 23.5 Å². The van der Waals surface area contributed by atoms with Gasteiger partial charge in [0.2, 0.25) is 0 Å². The van der Waals surface area contributed by atoms with Crippen molar-refractivity contribution in [2.75, 3.05) is 13.2 Å². The Bertz CT molecular complexity index is 867. The van der Waals surface area contributed by atoms with Crippen LogP contribution in [0.25, 0.3) is 22.2 Å². The molecule has 0 radical (unpaired) electrons. The molecule has 5 nitrogen and oxygen atoms in total. The highest BCUT2D eigenvalue weighted by atomic mass is 32.1. The predicted molar refractivity (Wildman–Crippen MR) is 84.0 cm³/mol. The summed E-state index contributed by atoms with van der Waals surface area (Å²) in [5.74, 6) is 1.03. The van der Waals surface area contributed by atoms with E-state index < -0.39 is 11.7 Å². The summed E-state index contributed by atoms with van der Waals surface area (Å²) >= 11 is 1.31. The molecule has 2 aromatic heterocycles. The highest BCUT2D eigenvalue weighted by Gasteiger charge is 2.30. The molecule has 3 heterocycles. The smallest absolute Gasteiger partial charge is 0.381 e. The van der Waals surface area contributed by atoms with E-state index in [1.54, 1.807) is 5.38 Å². The lowest BCUT2D eigenvalue weighted by molar-refractivity contribution is -0.137. The summed E-state index contributed by atoms with van der Waals surface area (Å²) < 4.78 is 48.4. The number of rotatable bonds is 3. The second kappa shape index (κ2) is 6.23. The normalized spacial score (nSPS) is 18.0. The van der Waals surface area contributed by atoms with E-state index >= 15 is 0 Å². The van der Waals surface area contributed by atoms with Crippen molar-refractivity contribution in [1.29, 1.82) is 0 Å². The van der Waals surface area contributed by atoms with Gasteiger partial charge in [-0.25, -0.2) is 4.98 Å². The van der Waals surface area contributed by atoms with Gasteiger partial charge in [-0.2, -0.15) is 18.2 Å². The standard InChI is InChI=1S/C16H12F3N3O2S/c17-16(18,19)11-3-1-9(2-4-11)15-20-12(8-25-15)14-21-13(22-24-14)10-5-6-23-7-10/h1-4,8,10H,5-7H2/t10-/m0/s1. The van der Waals surface area contributed by atoms with E-state index in [0.717, 1.165) is 18.6 Å². The van der Waals surface area contributed by atoms with Crippen molar-refractivity contribution in [1.82, 2.24) is 15.1 Å². The van der Waals surface area contributed by atoms with Crippen LogP contribution >= 0.6 is 11.3 Å². The molecule has 130 valence electrons. The lowest BCUT2D eigenvalue weighted by Crippen LogP contribution is -2.03. The molecule has 25 heavy (non-hydrogen) atoms. The zero-order valence-electron chi connectivity index (χ0n) is 12.8. The van der Waals surface area contributed by atoms with Gasteiger partial charge in [0, 0.05) is 23.5 Å². The van der Waals surface area contributed by atoms with Crippen LogP contribution in [-0.2, 0) is 10.9 Å². The molecule has 0 unspecified atom stereocenters. The molecule has 1 aliphatic rings. The van der Waals surface area contributed by atoms with Crippen LogP contribution in [0.5, 0.6) is 0 Å². The van der Waals surface area contributed by atoms with Crippen molar-refractivity contribution >= 4 is 11.3 Å². The zero-order valence-corrected chi connectivity index (χ0v) is 13.6. The van der Waals surface area contributed by atoms with Gasteiger partial charge >= 0.3 is 6.18 Å². The Labute approximate surface area is 144 Å². The number of aromatic nitrogens is 3. The van der Waals surface area contributed by atoms with E-state index in [1.807, 2.05) is 0 Å². The second-order valence-corrected chi connectivity index (χ2v) is 6.49. The molecule has 0 aliphatic carbocycles. The minimum Gasteiger partial charge on any atom is -0.381 e. The number of hydrogen-bond donors (Lipinski definition) is 0. The lowest BCUT2D eigenvalue weighted by Gasteiger charge is -2.06. The van der Waals surface area contributed by atoms with Crippen LogP contribution in [-0.4, -0.2) is 28.3 Å². The molecular formula is C16H12F3N3O2S. The van der Waals surface area contributed by atoms with Crippen molar-refractivity contribution < 1.29 is 22.4 Å². The maximum atomic E-state index is 12.6. The molecule has 1 atom stereocenters. The Hall–Kier alpha value is -2.26. The number of alkyl halides is 3. The average Bonchev–Trinajstić information content (AvgIpc) is 3.33. The lowest BCUT2D eigenvalue weighted by atomic mass is 10.1.